The molecule has 1 fully saturated rings. The smallest absolute Gasteiger partial charge is 0.199 e. The number of aromatic nitrogens is 6. The van der Waals surface area contributed by atoms with Gasteiger partial charge in [-0.1, -0.05) is 0 Å². The molecule has 5 aromatic rings. The Bertz CT molecular complexity index is 1450. The van der Waals surface area contributed by atoms with Crippen molar-refractivity contribution in [1.29, 1.82) is 0 Å². The Morgan fingerprint density at radius 3 is 2.82 bits per heavy atom. The molecule has 0 bridgehead atoms. The molecule has 6 rings (SSSR count). The summed E-state index contributed by atoms with van der Waals surface area (Å²) in [5, 5.41) is 5.84. The van der Waals surface area contributed by atoms with Gasteiger partial charge in [0.2, 0.25) is 0 Å². The number of H-pyrrole nitrogens is 2. The lowest BCUT2D eigenvalue weighted by atomic mass is 10.1. The Morgan fingerprint density at radius 2 is 2.03 bits per heavy atom. The SMILES string of the molecule is CNc1cc(F)cc2c1[nH]c1nc(Sc3nc4ncccc4[nH]3)nc(N3CCC(N)CC3)c12. The second-order valence-corrected chi connectivity index (χ2v) is 9.10. The molecule has 33 heavy (non-hydrogen) atoms. The fraction of sp³-hybridized carbons (Fsp3) is 0.273. The normalized spacial score (nSPS) is 15.2. The van der Waals surface area contributed by atoms with Gasteiger partial charge in [0.1, 0.15) is 17.3 Å². The number of nitrogens with two attached hydrogens (primary N) is 1. The standard InChI is InChI=1S/C22H22FN9S/c1-25-15-10-11(23)9-13-16-19(28-17(13)15)30-22(31-20(16)32-7-4-12(24)5-8-32)33-21-27-14-3-2-6-26-18(14)29-21/h2-3,6,9-10,12,25H,4-5,7-8,24H2,1H3,(H,26,27,29)(H,28,30,31). The van der Waals surface area contributed by atoms with E-state index in [1.807, 2.05) is 12.1 Å². The zero-order chi connectivity index (χ0) is 22.5. The molecule has 0 spiro atoms. The molecule has 9 nitrogen and oxygen atoms in total. The summed E-state index contributed by atoms with van der Waals surface area (Å²) < 4.78 is 14.4. The first-order valence-electron chi connectivity index (χ1n) is 10.8. The van der Waals surface area contributed by atoms with Gasteiger partial charge in [-0.2, -0.15) is 0 Å². The van der Waals surface area contributed by atoms with E-state index < -0.39 is 0 Å². The number of rotatable bonds is 4. The molecular weight excluding hydrogens is 441 g/mol. The van der Waals surface area contributed by atoms with Crippen molar-refractivity contribution in [2.24, 2.45) is 5.73 Å². The monoisotopic (exact) mass is 463 g/mol. The molecule has 1 aliphatic heterocycles. The van der Waals surface area contributed by atoms with Crippen molar-refractivity contribution in [3.05, 3.63) is 36.3 Å². The fourth-order valence-electron chi connectivity index (χ4n) is 4.37. The maximum atomic E-state index is 14.4. The number of anilines is 2. The average molecular weight is 464 g/mol. The van der Waals surface area contributed by atoms with Gasteiger partial charge in [-0.25, -0.2) is 24.3 Å². The maximum absolute atomic E-state index is 14.4. The highest BCUT2D eigenvalue weighted by atomic mass is 32.2. The Balaban J connectivity index is 1.52. The fourth-order valence-corrected chi connectivity index (χ4v) is 5.10. The summed E-state index contributed by atoms with van der Waals surface area (Å²) in [5.74, 6) is 0.468. The highest BCUT2D eigenvalue weighted by Gasteiger charge is 2.24. The van der Waals surface area contributed by atoms with Gasteiger partial charge in [0.25, 0.3) is 0 Å². The van der Waals surface area contributed by atoms with Crippen molar-refractivity contribution in [2.75, 3.05) is 30.4 Å². The highest BCUT2D eigenvalue weighted by molar-refractivity contribution is 7.99. The van der Waals surface area contributed by atoms with Gasteiger partial charge in [0, 0.05) is 37.8 Å². The van der Waals surface area contributed by atoms with Gasteiger partial charge in [0.05, 0.1) is 22.1 Å². The Labute approximate surface area is 192 Å². The third kappa shape index (κ3) is 3.53. The zero-order valence-corrected chi connectivity index (χ0v) is 18.7. The predicted molar refractivity (Wildman–Crippen MR) is 128 cm³/mol. The van der Waals surface area contributed by atoms with Crippen molar-refractivity contribution in [3.8, 4) is 0 Å². The van der Waals surface area contributed by atoms with E-state index in [2.05, 4.69) is 30.2 Å². The Hall–Kier alpha value is -3.44. The average Bonchev–Trinajstić information content (AvgIpc) is 3.39. The van der Waals surface area contributed by atoms with Crippen LogP contribution in [0, 0.1) is 5.82 Å². The number of nitrogens with zero attached hydrogens (tertiary/aromatic N) is 5. The minimum absolute atomic E-state index is 0.187. The summed E-state index contributed by atoms with van der Waals surface area (Å²) in [6, 6.07) is 6.99. The van der Waals surface area contributed by atoms with Crippen LogP contribution in [0.25, 0.3) is 33.1 Å². The van der Waals surface area contributed by atoms with E-state index in [0.29, 0.717) is 27.3 Å². The number of hydrogen-bond donors (Lipinski definition) is 4. The van der Waals surface area contributed by atoms with Crippen LogP contribution in [-0.4, -0.2) is 56.1 Å². The summed E-state index contributed by atoms with van der Waals surface area (Å²) in [6.07, 6.45) is 3.46. The van der Waals surface area contributed by atoms with E-state index in [-0.39, 0.29) is 11.9 Å². The van der Waals surface area contributed by atoms with Crippen molar-refractivity contribution in [1.82, 2.24) is 29.9 Å². The summed E-state index contributed by atoms with van der Waals surface area (Å²) >= 11 is 1.34. The van der Waals surface area contributed by atoms with Crippen LogP contribution in [0.2, 0.25) is 0 Å². The largest absolute Gasteiger partial charge is 0.386 e. The van der Waals surface area contributed by atoms with Crippen LogP contribution in [0.3, 0.4) is 0 Å². The zero-order valence-electron chi connectivity index (χ0n) is 17.9. The summed E-state index contributed by atoms with van der Waals surface area (Å²) in [4.78, 5) is 27.4. The van der Waals surface area contributed by atoms with Crippen LogP contribution in [0.1, 0.15) is 12.8 Å². The minimum Gasteiger partial charge on any atom is -0.386 e. The van der Waals surface area contributed by atoms with Gasteiger partial charge < -0.3 is 25.9 Å². The molecule has 0 unspecified atom stereocenters. The first kappa shape index (κ1) is 20.2. The number of nitrogens with one attached hydrogen (secondary N) is 3. The molecule has 168 valence electrons. The maximum Gasteiger partial charge on any atom is 0.199 e. The number of piperidine rings is 1. The van der Waals surface area contributed by atoms with E-state index in [1.54, 1.807) is 13.2 Å². The summed E-state index contributed by atoms with van der Waals surface area (Å²) in [7, 11) is 1.77. The summed E-state index contributed by atoms with van der Waals surface area (Å²) in [5.41, 5.74) is 9.77. The second kappa shape index (κ2) is 7.85. The molecule has 1 aliphatic rings. The number of benzene rings is 1. The van der Waals surface area contributed by atoms with Gasteiger partial charge >= 0.3 is 0 Å². The summed E-state index contributed by atoms with van der Waals surface area (Å²) in [6.45, 7) is 1.57. The number of aromatic amines is 2. The molecule has 0 radical (unpaired) electrons. The third-order valence-electron chi connectivity index (χ3n) is 6.02. The first-order valence-corrected chi connectivity index (χ1v) is 11.6. The van der Waals surface area contributed by atoms with Crippen molar-refractivity contribution in [3.63, 3.8) is 0 Å². The number of fused-ring (bicyclic) bond motifs is 4. The van der Waals surface area contributed by atoms with E-state index in [9.17, 15) is 4.39 Å². The third-order valence-corrected chi connectivity index (χ3v) is 6.77. The minimum atomic E-state index is -0.312. The number of hydrogen-bond acceptors (Lipinski definition) is 8. The molecule has 0 aliphatic carbocycles. The molecular formula is C22H22FN9S. The van der Waals surface area contributed by atoms with E-state index >= 15 is 0 Å². The number of imidazole rings is 1. The van der Waals surface area contributed by atoms with E-state index in [4.69, 9.17) is 15.7 Å². The topological polar surface area (TPSA) is 124 Å². The first-order chi connectivity index (χ1) is 16.1. The van der Waals surface area contributed by atoms with E-state index in [0.717, 1.165) is 53.6 Å². The van der Waals surface area contributed by atoms with Crippen LogP contribution in [0.4, 0.5) is 15.9 Å². The molecule has 5 heterocycles. The van der Waals surface area contributed by atoms with Crippen LogP contribution in [-0.2, 0) is 0 Å². The predicted octanol–water partition coefficient (Wildman–Crippen LogP) is 3.64. The van der Waals surface area contributed by atoms with Gasteiger partial charge in [-0.05, 0) is 48.9 Å². The molecule has 0 saturated carbocycles. The molecule has 1 aromatic carbocycles. The van der Waals surface area contributed by atoms with Gasteiger partial charge in [-0.3, -0.25) is 0 Å². The number of pyridine rings is 1. The van der Waals surface area contributed by atoms with Crippen LogP contribution >= 0.6 is 11.8 Å². The highest BCUT2D eigenvalue weighted by Crippen LogP contribution is 2.38. The lowest BCUT2D eigenvalue weighted by Crippen LogP contribution is -2.40. The molecule has 0 amide bonds. The van der Waals surface area contributed by atoms with Crippen LogP contribution < -0.4 is 16.0 Å². The van der Waals surface area contributed by atoms with Crippen molar-refractivity contribution in [2.45, 2.75) is 29.2 Å². The second-order valence-electron chi connectivity index (χ2n) is 8.15. The lowest BCUT2D eigenvalue weighted by Gasteiger charge is -2.31. The number of halogens is 1. The molecule has 0 atom stereocenters. The Kier molecular flexibility index (Phi) is 4.80. The van der Waals surface area contributed by atoms with E-state index in [1.165, 1.54) is 23.9 Å². The van der Waals surface area contributed by atoms with Crippen molar-refractivity contribution >= 4 is 56.4 Å². The molecule has 4 aromatic heterocycles. The molecule has 11 heteroatoms. The molecule has 5 N–H and O–H groups in total. The van der Waals surface area contributed by atoms with Gasteiger partial charge in [-0.15, -0.1) is 0 Å². The Morgan fingerprint density at radius 1 is 1.18 bits per heavy atom. The quantitative estimate of drug-likeness (QED) is 0.298. The van der Waals surface area contributed by atoms with Gasteiger partial charge in [0.15, 0.2) is 16.0 Å². The van der Waals surface area contributed by atoms with Crippen molar-refractivity contribution < 1.29 is 4.39 Å². The lowest BCUT2D eigenvalue weighted by molar-refractivity contribution is 0.498. The molecule has 1 saturated heterocycles. The van der Waals surface area contributed by atoms with Crippen LogP contribution in [0.15, 0.2) is 40.8 Å². The van der Waals surface area contributed by atoms with Crippen LogP contribution in [0.5, 0.6) is 0 Å².